The molecule has 18 amide bonds. The number of hydrogen-bond donors (Lipinski definition) is 26. The maximum absolute atomic E-state index is 14.8. The summed E-state index contributed by atoms with van der Waals surface area (Å²) in [4.78, 5) is 268. The number of aliphatic hydroxyl groups excluding tert-OH is 1. The van der Waals surface area contributed by atoms with Gasteiger partial charge < -0.3 is 133 Å². The van der Waals surface area contributed by atoms with Gasteiger partial charge in [-0.2, -0.15) is 25.3 Å². The highest BCUT2D eigenvalue weighted by Crippen LogP contribution is 2.23. The van der Waals surface area contributed by atoms with E-state index in [9.17, 15) is 106 Å². The van der Waals surface area contributed by atoms with E-state index in [0.29, 0.717) is 28.8 Å². The number of nitrogens with one attached hydrogen (secondary N) is 17. The van der Waals surface area contributed by atoms with E-state index in [2.05, 4.69) is 115 Å². The van der Waals surface area contributed by atoms with Gasteiger partial charge in [-0.1, -0.05) is 86.6 Å². The Morgan fingerprint density at radius 3 is 1.55 bits per heavy atom. The second-order valence-corrected chi connectivity index (χ2v) is 32.6. The monoisotopic (exact) mass is 1870 g/mol. The molecule has 714 valence electrons. The number of nitrogens with two attached hydrogens (primary N) is 4. The molecule has 0 bridgehead atoms. The van der Waals surface area contributed by atoms with Crippen LogP contribution in [0.1, 0.15) is 114 Å². The molecule has 2 saturated heterocycles. The Bertz CT molecular complexity index is 4660. The third-order valence-electron chi connectivity index (χ3n) is 20.9. The van der Waals surface area contributed by atoms with Crippen LogP contribution < -0.4 is 103 Å². The van der Waals surface area contributed by atoms with Crippen molar-refractivity contribution >= 4 is 144 Å². The molecule has 0 spiro atoms. The van der Waals surface area contributed by atoms with Gasteiger partial charge in [0.05, 0.1) is 44.5 Å². The van der Waals surface area contributed by atoms with Gasteiger partial charge in [0, 0.05) is 75.1 Å². The summed E-state index contributed by atoms with van der Waals surface area (Å²) in [5.41, 5.74) is 23.8. The second kappa shape index (κ2) is 53.5. The fourth-order valence-corrected chi connectivity index (χ4v) is 14.5. The number of aliphatic carboxylic acids is 1. The van der Waals surface area contributed by atoms with Gasteiger partial charge in [0.1, 0.15) is 84.3 Å². The number of primary amides is 2. The van der Waals surface area contributed by atoms with Gasteiger partial charge in [-0.15, -0.1) is 0 Å². The summed E-state index contributed by atoms with van der Waals surface area (Å²) in [7, 11) is 0. The largest absolute Gasteiger partial charge is 0.508 e. The van der Waals surface area contributed by atoms with Gasteiger partial charge in [0.2, 0.25) is 106 Å². The van der Waals surface area contributed by atoms with Crippen LogP contribution in [0.4, 0.5) is 0 Å². The van der Waals surface area contributed by atoms with Gasteiger partial charge in [-0.3, -0.25) is 91.7 Å². The number of aromatic amines is 1. The molecule has 0 unspecified atom stereocenters. The number of thiol groups is 2. The lowest BCUT2D eigenvalue weighted by atomic mass is 10.0. The number of benzene rings is 3. The number of aromatic nitrogens is 2. The predicted octanol–water partition coefficient (Wildman–Crippen LogP) is -7.83. The first-order valence-corrected chi connectivity index (χ1v) is 43.5. The maximum Gasteiger partial charge on any atom is 0.326 e. The number of H-pyrrole nitrogens is 1. The van der Waals surface area contributed by atoms with Gasteiger partial charge >= 0.3 is 5.97 Å². The van der Waals surface area contributed by atoms with Crippen molar-refractivity contribution in [3.63, 3.8) is 0 Å². The Labute approximate surface area is 764 Å². The van der Waals surface area contributed by atoms with Crippen molar-refractivity contribution < 1.29 is 106 Å². The highest BCUT2D eigenvalue weighted by Gasteiger charge is 2.43. The van der Waals surface area contributed by atoms with Gasteiger partial charge in [0.15, 0.2) is 5.96 Å². The number of carbonyl (C=O) groups excluding carboxylic acids is 18. The van der Waals surface area contributed by atoms with Crippen LogP contribution >= 0.6 is 25.3 Å². The molecule has 46 nitrogen and oxygen atoms in total. The Morgan fingerprint density at radius 2 is 0.985 bits per heavy atom. The minimum atomic E-state index is -1.84. The van der Waals surface area contributed by atoms with Crippen molar-refractivity contribution in [2.75, 3.05) is 50.8 Å². The first-order chi connectivity index (χ1) is 62.1. The summed E-state index contributed by atoms with van der Waals surface area (Å²) in [5, 5.41) is 75.5. The lowest BCUT2D eigenvalue weighted by Gasteiger charge is -2.31. The van der Waals surface area contributed by atoms with Crippen LogP contribution in [0, 0.1) is 11.3 Å². The highest BCUT2D eigenvalue weighted by atomic mass is 32.1. The Balaban J connectivity index is 1.08. The average Bonchev–Trinajstić information content (AvgIpc) is 1.73. The first-order valence-electron chi connectivity index (χ1n) is 42.3. The molecule has 1 aromatic heterocycles. The number of aromatic hydroxyl groups is 1. The summed E-state index contributed by atoms with van der Waals surface area (Å²) in [6.45, 7) is 3.74. The number of carbonyl (C=O) groups is 19. The molecular weight excluding hydrogens is 1750 g/mol. The molecule has 0 aliphatic carbocycles. The standard InChI is InChI=1S/C83H118N24O22S2/c1-43(2)30-53(74(120)102-58(33-48-21-23-50(109)24-22-48)81(127)107-29-12-19-61(107)79(125)104-59(40-130)77(123)101-57(35-64(86)111)72(118)93-39-67(114)106-28-13-20-62(106)82(128)129)96-66(113)38-91-65(112)37-92-71(117)54(31-46-14-7-5-8-15-46)99-76(122)56(34-49-36-89-42-94-49)98-69(115)44(3)95-80(126)68(45(4)108)105-78(124)60(41-131)103-75(121)55(32-47-16-9-6-10-17-47)100-73(119)52(18-11-27-90-83(87)88)97-70(116)51(84)25-26-63(85)110/h5-10,14-17,21-24,36,42-45,51-62,68,108-109,130-131H,11-13,18-20,25-35,37-41,84H2,1-4H3,(H2,85,110)(H2,86,111)(H,89,94)(H,91,112)(H,92,117)(H,93,118)(H,95,126)(H,96,113)(H,97,116)(H,98,115)(H,99,122)(H,100,119)(H,101,123)(H,102,120)(H,103,121)(H,104,125)(H,105,124)(H,128,129)(H4,87,88,90)/t44-,45+,51-,52-,53-,54-,55-,56-,57-,58-,59-,60-,61-,62-,68-/m0/s1. The predicted molar refractivity (Wildman–Crippen MR) is 476 cm³/mol. The van der Waals surface area contributed by atoms with E-state index in [0.717, 1.165) is 11.8 Å². The molecule has 28 N–H and O–H groups in total. The van der Waals surface area contributed by atoms with E-state index in [1.54, 1.807) is 74.5 Å². The molecule has 2 aliphatic heterocycles. The lowest BCUT2D eigenvalue weighted by molar-refractivity contribution is -0.148. The van der Waals surface area contributed by atoms with E-state index in [-0.39, 0.29) is 120 Å². The van der Waals surface area contributed by atoms with Crippen LogP contribution in [0.5, 0.6) is 5.75 Å². The molecule has 3 aromatic carbocycles. The molecule has 2 aliphatic rings. The lowest BCUT2D eigenvalue weighted by Crippen LogP contribution is -2.62. The number of nitrogens with zero attached hydrogens (tertiary/aromatic N) is 3. The van der Waals surface area contributed by atoms with Crippen molar-refractivity contribution in [2.24, 2.45) is 28.9 Å². The first kappa shape index (κ1) is 106. The van der Waals surface area contributed by atoms with E-state index >= 15 is 0 Å². The molecule has 6 rings (SSSR count). The van der Waals surface area contributed by atoms with Crippen LogP contribution in [0.15, 0.2) is 97.5 Å². The van der Waals surface area contributed by atoms with Crippen LogP contribution in [-0.2, 0) is 117 Å². The van der Waals surface area contributed by atoms with Crippen LogP contribution in [0.2, 0.25) is 0 Å². The molecule has 0 saturated carbocycles. The summed E-state index contributed by atoms with van der Waals surface area (Å²) in [6, 6.07) is 1.73. The number of likely N-dealkylation sites (tertiary alicyclic amines) is 2. The van der Waals surface area contributed by atoms with Crippen molar-refractivity contribution in [3.05, 3.63) is 120 Å². The zero-order valence-corrected chi connectivity index (χ0v) is 74.5. The van der Waals surface area contributed by atoms with Crippen molar-refractivity contribution in [1.29, 1.82) is 5.41 Å². The van der Waals surface area contributed by atoms with Crippen LogP contribution in [0.25, 0.3) is 0 Å². The summed E-state index contributed by atoms with van der Waals surface area (Å²) >= 11 is 8.50. The molecule has 48 heteroatoms. The Hall–Kier alpha value is -13.5. The van der Waals surface area contributed by atoms with Gasteiger partial charge in [0.25, 0.3) is 0 Å². The SMILES string of the molecule is CC(C)C[C@H](NC(=O)CNC(=O)CNC(=O)[C@H](Cc1ccccc1)NC(=O)[C@H](Cc1cnc[nH]1)NC(=O)[C@H](C)NC(=O)[C@@H](NC(=O)[C@H](CS)NC(=O)[C@H](Cc1ccccc1)NC(=O)[C@H](CCCNC(=N)N)NC(=O)[C@@H](N)CCC(N)=O)[C@@H](C)O)C(=O)N[C@@H](Cc1ccc(O)cc1)C(=O)N1CCC[C@H]1C(=O)N[C@@H](CS)C(=O)N[C@@H](CC(N)=O)C(=O)NCC(=O)N1CCC[C@H]1C(=O)O. The summed E-state index contributed by atoms with van der Waals surface area (Å²) in [6.07, 6.45) is -0.169. The minimum absolute atomic E-state index is 0.0292. The smallest absolute Gasteiger partial charge is 0.326 e. The molecular formula is C83H118N24O22S2. The zero-order chi connectivity index (χ0) is 96.7. The zero-order valence-electron chi connectivity index (χ0n) is 72.7. The number of phenolic OH excluding ortho intramolecular Hbond substituents is 1. The number of rotatable bonds is 53. The number of carboxylic acid groups (broad SMARTS) is 1. The fraction of sp³-hybridized carbons (Fsp3) is 0.506. The second-order valence-electron chi connectivity index (χ2n) is 31.8. The number of aliphatic hydroxyl groups is 1. The fourth-order valence-electron chi connectivity index (χ4n) is 14.0. The summed E-state index contributed by atoms with van der Waals surface area (Å²) in [5.74, 6) is -19.5. The number of imidazole rings is 1. The molecule has 15 atom stereocenters. The van der Waals surface area contributed by atoms with Gasteiger partial charge in [-0.25, -0.2) is 9.78 Å². The van der Waals surface area contributed by atoms with E-state index in [1.165, 1.54) is 48.6 Å². The number of amides is 18. The number of phenols is 1. The average molecular weight is 1870 g/mol. The molecule has 3 heterocycles. The third kappa shape index (κ3) is 35.8. The summed E-state index contributed by atoms with van der Waals surface area (Å²) < 4.78 is 0. The Kier molecular flexibility index (Phi) is 43.4. The maximum atomic E-state index is 14.8. The van der Waals surface area contributed by atoms with E-state index in [4.69, 9.17) is 28.3 Å². The molecule has 4 aromatic rings. The molecule has 2 fully saturated rings. The van der Waals surface area contributed by atoms with Crippen LogP contribution in [-0.4, -0.2) is 295 Å². The third-order valence-corrected chi connectivity index (χ3v) is 21.6. The molecule has 131 heavy (non-hydrogen) atoms. The van der Waals surface area contributed by atoms with Crippen LogP contribution in [0.3, 0.4) is 0 Å². The van der Waals surface area contributed by atoms with Gasteiger partial charge in [-0.05, 0) is 100.0 Å². The topological polar surface area (TPSA) is 729 Å². The number of hydrogen-bond acceptors (Lipinski definition) is 26. The van der Waals surface area contributed by atoms with E-state index < -0.39 is 235 Å². The minimum Gasteiger partial charge on any atom is -0.508 e. The number of carboxylic acids is 1. The quantitative estimate of drug-likeness (QED) is 0.00845. The van der Waals surface area contributed by atoms with Crippen molar-refractivity contribution in [2.45, 2.75) is 208 Å². The van der Waals surface area contributed by atoms with Crippen molar-refractivity contribution in [1.82, 2.24) is 99.5 Å². The van der Waals surface area contributed by atoms with E-state index in [1.807, 2.05) is 0 Å². The molecule has 0 radical (unpaired) electrons. The Morgan fingerprint density at radius 1 is 0.496 bits per heavy atom. The normalized spacial score (nSPS) is 16.3. The van der Waals surface area contributed by atoms with Crippen molar-refractivity contribution in [3.8, 4) is 5.75 Å². The highest BCUT2D eigenvalue weighted by molar-refractivity contribution is 7.80. The number of guanidine groups is 1.